The highest BCUT2D eigenvalue weighted by atomic mass is 19.4. The molecular formula is C15H24F3N. The van der Waals surface area contributed by atoms with E-state index < -0.39 is 6.68 Å². The fourth-order valence-corrected chi connectivity index (χ4v) is 1.44. The maximum Gasteiger partial charge on any atom is 0.379 e. The summed E-state index contributed by atoms with van der Waals surface area (Å²) in [7, 11) is 0. The molecule has 0 aliphatic heterocycles. The molecule has 0 saturated carbocycles. The van der Waals surface area contributed by atoms with Gasteiger partial charge in [0.25, 0.3) is 0 Å². The Morgan fingerprint density at radius 1 is 0.842 bits per heavy atom. The maximum atomic E-state index is 9.67. The fraction of sp³-hybridized carbons (Fsp3) is 0.667. The number of pyridine rings is 1. The van der Waals surface area contributed by atoms with Gasteiger partial charge in [0.1, 0.15) is 0 Å². The van der Waals surface area contributed by atoms with E-state index in [1.807, 2.05) is 0 Å². The molecule has 1 aromatic heterocycles. The first kappa shape index (κ1) is 17.9. The molecule has 0 unspecified atom stereocenters. The maximum absolute atomic E-state index is 9.67. The highest BCUT2D eigenvalue weighted by molar-refractivity contribution is 5.27. The molecule has 1 nitrogen and oxygen atoms in total. The molecule has 0 aromatic carbocycles. The molecule has 0 saturated heterocycles. The van der Waals surface area contributed by atoms with Crippen LogP contribution in [0.15, 0.2) is 12.1 Å². The third-order valence-electron chi connectivity index (χ3n) is 2.51. The lowest BCUT2D eigenvalue weighted by Crippen LogP contribution is -2.20. The zero-order valence-corrected chi connectivity index (χ0v) is 12.8. The molecule has 1 rings (SSSR count). The Kier molecular flexibility index (Phi) is 6.04. The van der Waals surface area contributed by atoms with Gasteiger partial charge < -0.3 is 0 Å². The predicted molar refractivity (Wildman–Crippen MR) is 73.5 cm³/mol. The van der Waals surface area contributed by atoms with Crippen LogP contribution in [0.3, 0.4) is 0 Å². The average Bonchev–Trinajstić information content (AvgIpc) is 2.12. The lowest BCUT2D eigenvalue weighted by molar-refractivity contribution is 0.00819. The standard InChI is InChI=1S/C14H23N.CHF3/c1-10-8-11(13(2,3)4)15-12(9-10)14(5,6)7;2-1(3)4/h8-9H,1-7H3;1H. The van der Waals surface area contributed by atoms with Gasteiger partial charge in [-0.1, -0.05) is 41.5 Å². The lowest BCUT2D eigenvalue weighted by atomic mass is 9.87. The van der Waals surface area contributed by atoms with Crippen molar-refractivity contribution in [1.82, 2.24) is 4.98 Å². The summed E-state index contributed by atoms with van der Waals surface area (Å²) in [4.78, 5) is 4.78. The van der Waals surface area contributed by atoms with Crippen LogP contribution in [-0.4, -0.2) is 11.7 Å². The third-order valence-corrected chi connectivity index (χ3v) is 2.51. The van der Waals surface area contributed by atoms with Gasteiger partial charge in [-0.25, -0.2) is 0 Å². The van der Waals surface area contributed by atoms with E-state index in [1.165, 1.54) is 17.0 Å². The highest BCUT2D eigenvalue weighted by Gasteiger charge is 2.21. The summed E-state index contributed by atoms with van der Waals surface area (Å²) in [6, 6.07) is 4.38. The van der Waals surface area contributed by atoms with E-state index in [0.29, 0.717) is 0 Å². The summed E-state index contributed by atoms with van der Waals surface area (Å²) in [6.07, 6.45) is 0. The van der Waals surface area contributed by atoms with E-state index in [0.717, 1.165) is 0 Å². The molecule has 4 heteroatoms. The summed E-state index contributed by atoms with van der Waals surface area (Å²) in [5.74, 6) is 0. The minimum absolute atomic E-state index is 0.131. The normalized spacial score (nSPS) is 12.2. The van der Waals surface area contributed by atoms with E-state index in [2.05, 4.69) is 60.6 Å². The van der Waals surface area contributed by atoms with Crippen LogP contribution in [0.4, 0.5) is 13.2 Å². The molecule has 0 bridgehead atoms. The van der Waals surface area contributed by atoms with Gasteiger partial charge in [0.2, 0.25) is 0 Å². The first-order valence-electron chi connectivity index (χ1n) is 6.26. The Labute approximate surface area is 114 Å². The van der Waals surface area contributed by atoms with E-state index in [4.69, 9.17) is 4.98 Å². The van der Waals surface area contributed by atoms with Gasteiger partial charge in [-0.2, -0.15) is 13.2 Å². The van der Waals surface area contributed by atoms with Crippen molar-refractivity contribution in [2.24, 2.45) is 0 Å². The smallest absolute Gasteiger partial charge is 0.257 e. The topological polar surface area (TPSA) is 12.9 Å². The zero-order chi connectivity index (χ0) is 15.4. The van der Waals surface area contributed by atoms with Gasteiger partial charge in [0.15, 0.2) is 0 Å². The van der Waals surface area contributed by atoms with Gasteiger partial charge in [-0.05, 0) is 24.6 Å². The molecule has 0 radical (unpaired) electrons. The molecule has 0 N–H and O–H groups in total. The number of halogens is 3. The molecular weight excluding hydrogens is 251 g/mol. The SMILES string of the molecule is Cc1cc(C(C)(C)C)nc(C(C)(C)C)c1.FC(F)F. The van der Waals surface area contributed by atoms with Gasteiger partial charge >= 0.3 is 6.68 Å². The second-order valence-corrected chi connectivity index (χ2v) is 6.66. The van der Waals surface area contributed by atoms with Crippen molar-refractivity contribution in [2.45, 2.75) is 66.0 Å². The highest BCUT2D eigenvalue weighted by Crippen LogP contribution is 2.26. The summed E-state index contributed by atoms with van der Waals surface area (Å²) >= 11 is 0. The number of nitrogens with zero attached hydrogens (tertiary/aromatic N) is 1. The number of alkyl halides is 3. The van der Waals surface area contributed by atoms with E-state index in [1.54, 1.807) is 0 Å². The van der Waals surface area contributed by atoms with Gasteiger partial charge in [-0.3, -0.25) is 4.98 Å². The van der Waals surface area contributed by atoms with Crippen molar-refractivity contribution >= 4 is 0 Å². The van der Waals surface area contributed by atoms with Crippen LogP contribution in [0.1, 0.15) is 58.5 Å². The van der Waals surface area contributed by atoms with Gasteiger partial charge in [0, 0.05) is 22.2 Å². The molecule has 110 valence electrons. The minimum atomic E-state index is -3.67. The largest absolute Gasteiger partial charge is 0.379 e. The van der Waals surface area contributed by atoms with E-state index in [-0.39, 0.29) is 10.8 Å². The Morgan fingerprint density at radius 3 is 1.32 bits per heavy atom. The lowest BCUT2D eigenvalue weighted by Gasteiger charge is -2.24. The van der Waals surface area contributed by atoms with E-state index >= 15 is 0 Å². The summed E-state index contributed by atoms with van der Waals surface area (Å²) in [5.41, 5.74) is 3.94. The summed E-state index contributed by atoms with van der Waals surface area (Å²) in [5, 5.41) is 0. The van der Waals surface area contributed by atoms with Crippen LogP contribution >= 0.6 is 0 Å². The number of rotatable bonds is 0. The van der Waals surface area contributed by atoms with Crippen LogP contribution in [0.25, 0.3) is 0 Å². The van der Waals surface area contributed by atoms with Crippen LogP contribution in [0.2, 0.25) is 0 Å². The Morgan fingerprint density at radius 2 is 1.11 bits per heavy atom. The number of hydrogen-bond donors (Lipinski definition) is 0. The monoisotopic (exact) mass is 275 g/mol. The van der Waals surface area contributed by atoms with E-state index in [9.17, 15) is 13.2 Å². The number of aromatic nitrogens is 1. The van der Waals surface area contributed by atoms with Crippen LogP contribution < -0.4 is 0 Å². The number of hydrogen-bond acceptors (Lipinski definition) is 1. The molecule has 0 aliphatic rings. The van der Waals surface area contributed by atoms with Crippen molar-refractivity contribution in [3.05, 3.63) is 29.1 Å². The number of aryl methyl sites for hydroxylation is 1. The van der Waals surface area contributed by atoms with Gasteiger partial charge in [-0.15, -0.1) is 0 Å². The summed E-state index contributed by atoms with van der Waals surface area (Å²) in [6.45, 7) is 11.7. The second-order valence-electron chi connectivity index (χ2n) is 6.66. The summed E-state index contributed by atoms with van der Waals surface area (Å²) < 4.78 is 29.0. The first-order valence-corrected chi connectivity index (χ1v) is 6.26. The Hall–Kier alpha value is -1.06. The van der Waals surface area contributed by atoms with Crippen LogP contribution in [-0.2, 0) is 10.8 Å². The minimum Gasteiger partial charge on any atom is -0.257 e. The molecule has 0 fully saturated rings. The van der Waals surface area contributed by atoms with Crippen molar-refractivity contribution in [2.75, 3.05) is 0 Å². The van der Waals surface area contributed by atoms with Crippen molar-refractivity contribution in [3.63, 3.8) is 0 Å². The predicted octanol–water partition coefficient (Wildman–Crippen LogP) is 5.16. The fourth-order valence-electron chi connectivity index (χ4n) is 1.44. The quantitative estimate of drug-likeness (QED) is 0.637. The Bertz CT molecular complexity index is 366. The Balaban J connectivity index is 0.000000711. The van der Waals surface area contributed by atoms with Gasteiger partial charge in [0.05, 0.1) is 0 Å². The molecule has 0 amide bonds. The molecule has 1 aromatic rings. The molecule has 19 heavy (non-hydrogen) atoms. The molecule has 0 spiro atoms. The average molecular weight is 275 g/mol. The molecule has 0 aliphatic carbocycles. The van der Waals surface area contributed by atoms with Crippen molar-refractivity contribution in [3.8, 4) is 0 Å². The van der Waals surface area contributed by atoms with Crippen molar-refractivity contribution < 1.29 is 13.2 Å². The third kappa shape index (κ3) is 7.19. The van der Waals surface area contributed by atoms with Crippen LogP contribution in [0, 0.1) is 6.92 Å². The zero-order valence-electron chi connectivity index (χ0n) is 12.8. The molecule has 0 atom stereocenters. The molecule has 1 heterocycles. The second kappa shape index (κ2) is 6.40. The first-order chi connectivity index (χ1) is 8.34. The van der Waals surface area contributed by atoms with Crippen LogP contribution in [0.5, 0.6) is 0 Å². The van der Waals surface area contributed by atoms with Crippen molar-refractivity contribution in [1.29, 1.82) is 0 Å².